The van der Waals surface area contributed by atoms with Gasteiger partial charge in [-0.2, -0.15) is 0 Å². The van der Waals surface area contributed by atoms with Crippen molar-refractivity contribution in [3.8, 4) is 22.8 Å². The van der Waals surface area contributed by atoms with Gasteiger partial charge in [0, 0.05) is 30.3 Å². The predicted octanol–water partition coefficient (Wildman–Crippen LogP) is 6.74. The number of pyridine rings is 1. The number of halogens is 1. The van der Waals surface area contributed by atoms with Crippen molar-refractivity contribution in [2.45, 2.75) is 83.0 Å². The maximum Gasteiger partial charge on any atom is 0.306 e. The second kappa shape index (κ2) is 11.2. The number of ether oxygens (including phenoxy) is 2. The van der Waals surface area contributed by atoms with Crippen molar-refractivity contribution in [3.05, 3.63) is 76.7 Å². The molecule has 0 spiro atoms. The van der Waals surface area contributed by atoms with Gasteiger partial charge in [0.1, 0.15) is 17.7 Å². The number of aryl methyl sites for hydroxylation is 1. The van der Waals surface area contributed by atoms with Crippen molar-refractivity contribution < 1.29 is 23.8 Å². The molecule has 6 rings (SSSR count). The Bertz CT molecular complexity index is 1390. The number of rotatable bonds is 8. The minimum atomic E-state index is -0.797. The molecule has 0 saturated carbocycles. The van der Waals surface area contributed by atoms with E-state index in [1.54, 1.807) is 20.1 Å². The summed E-state index contributed by atoms with van der Waals surface area (Å²) < 4.78 is 27.0. The lowest BCUT2D eigenvalue weighted by molar-refractivity contribution is -0.141. The highest BCUT2D eigenvalue weighted by atomic mass is 19.1. The Labute approximate surface area is 235 Å². The first-order valence-corrected chi connectivity index (χ1v) is 14.5. The fraction of sp³-hybridized carbons (Fsp3) is 0.455. The monoisotopic (exact) mass is 544 g/mol. The SMILES string of the molecule is COc1cc(-c2ccc([C@@H]3CCc4ccc(CC(C)C(=O)O)cc4O3)cc2CN2C3CCCC2CC3)c(F)cn1. The summed E-state index contributed by atoms with van der Waals surface area (Å²) in [7, 11) is 1.55. The van der Waals surface area contributed by atoms with Crippen molar-refractivity contribution in [1.29, 1.82) is 0 Å². The van der Waals surface area contributed by atoms with Crippen LogP contribution in [-0.2, 0) is 24.2 Å². The summed E-state index contributed by atoms with van der Waals surface area (Å²) in [5.74, 6) is -0.387. The van der Waals surface area contributed by atoms with Crippen molar-refractivity contribution in [2.75, 3.05) is 7.11 Å². The topological polar surface area (TPSA) is 71.9 Å². The van der Waals surface area contributed by atoms with E-state index in [-0.39, 0.29) is 11.9 Å². The summed E-state index contributed by atoms with van der Waals surface area (Å²) in [5, 5.41) is 9.34. The number of fused-ring (bicyclic) bond motifs is 3. The molecule has 2 saturated heterocycles. The van der Waals surface area contributed by atoms with Gasteiger partial charge in [0.05, 0.1) is 19.2 Å². The highest BCUT2D eigenvalue weighted by Crippen LogP contribution is 2.41. The molecule has 4 atom stereocenters. The Hall–Kier alpha value is -3.45. The quantitative estimate of drug-likeness (QED) is 0.339. The zero-order chi connectivity index (χ0) is 27.8. The zero-order valence-corrected chi connectivity index (χ0v) is 23.2. The van der Waals surface area contributed by atoms with E-state index in [9.17, 15) is 9.90 Å². The van der Waals surface area contributed by atoms with Gasteiger partial charge < -0.3 is 14.6 Å². The molecular weight excluding hydrogens is 507 g/mol. The Morgan fingerprint density at radius 1 is 1.10 bits per heavy atom. The molecule has 40 heavy (non-hydrogen) atoms. The maximum atomic E-state index is 15.1. The maximum absolute atomic E-state index is 15.1. The Morgan fingerprint density at radius 2 is 1.90 bits per heavy atom. The van der Waals surface area contributed by atoms with Crippen LogP contribution >= 0.6 is 0 Å². The van der Waals surface area contributed by atoms with Crippen LogP contribution in [0.1, 0.15) is 73.8 Å². The molecule has 2 bridgehead atoms. The van der Waals surface area contributed by atoms with E-state index >= 15 is 4.39 Å². The smallest absolute Gasteiger partial charge is 0.306 e. The number of aromatic nitrogens is 1. The highest BCUT2D eigenvalue weighted by molar-refractivity contribution is 5.70. The van der Waals surface area contributed by atoms with Gasteiger partial charge in [-0.05, 0) is 78.8 Å². The van der Waals surface area contributed by atoms with E-state index in [1.807, 2.05) is 18.2 Å². The van der Waals surface area contributed by atoms with Gasteiger partial charge in [-0.1, -0.05) is 43.7 Å². The summed E-state index contributed by atoms with van der Waals surface area (Å²) >= 11 is 0. The second-order valence-corrected chi connectivity index (χ2v) is 11.6. The Kier molecular flexibility index (Phi) is 7.49. The third kappa shape index (κ3) is 5.31. The molecule has 0 aliphatic carbocycles. The van der Waals surface area contributed by atoms with Crippen molar-refractivity contribution in [3.63, 3.8) is 0 Å². The summed E-state index contributed by atoms with van der Waals surface area (Å²) in [6.45, 7) is 2.51. The van der Waals surface area contributed by atoms with Crippen molar-refractivity contribution in [1.82, 2.24) is 9.88 Å². The van der Waals surface area contributed by atoms with Crippen LogP contribution in [0.5, 0.6) is 11.6 Å². The molecule has 1 aromatic heterocycles. The standard InChI is InChI=1S/C33H37FN2O4/c1-20(33(37)38)14-21-6-7-22-9-13-30(40-31(22)15-21)23-8-12-27(28-17-32(39-2)35-18-29(28)34)24(16-23)19-36-25-4-3-5-26(36)11-10-25/h6-8,12,15-18,20,25-26,30H,3-5,9-11,13-14,19H2,1-2H3,(H,37,38)/t20?,25?,26?,30-/m0/s1. The summed E-state index contributed by atoms with van der Waals surface area (Å²) in [6.07, 6.45) is 9.55. The third-order valence-corrected chi connectivity index (χ3v) is 9.07. The summed E-state index contributed by atoms with van der Waals surface area (Å²) in [5.41, 5.74) is 5.67. The number of carboxylic acids is 1. The van der Waals surface area contributed by atoms with Crippen molar-refractivity contribution in [2.24, 2.45) is 5.92 Å². The van der Waals surface area contributed by atoms with Crippen LogP contribution in [0.4, 0.5) is 4.39 Å². The van der Waals surface area contributed by atoms with Gasteiger partial charge in [-0.25, -0.2) is 9.37 Å². The number of carboxylic acid groups (broad SMARTS) is 1. The average Bonchev–Trinajstić information content (AvgIpc) is 3.17. The number of methoxy groups -OCH3 is 1. The molecule has 2 aromatic carbocycles. The van der Waals surface area contributed by atoms with E-state index in [1.165, 1.54) is 38.3 Å². The molecular formula is C33H37FN2O4. The lowest BCUT2D eigenvalue weighted by Crippen LogP contribution is -2.39. The number of aliphatic carboxylic acids is 1. The fourth-order valence-electron chi connectivity index (χ4n) is 6.84. The van der Waals surface area contributed by atoms with Crippen LogP contribution in [-0.4, -0.2) is 40.2 Å². The van der Waals surface area contributed by atoms with Crippen LogP contribution in [0.25, 0.3) is 11.1 Å². The number of benzene rings is 2. The van der Waals surface area contributed by atoms with E-state index in [0.29, 0.717) is 29.9 Å². The molecule has 4 heterocycles. The molecule has 3 aromatic rings. The molecule has 3 aliphatic heterocycles. The van der Waals surface area contributed by atoms with E-state index in [4.69, 9.17) is 9.47 Å². The number of hydrogen-bond acceptors (Lipinski definition) is 5. The number of piperidine rings is 1. The first-order chi connectivity index (χ1) is 19.4. The number of nitrogens with zero attached hydrogens (tertiary/aromatic N) is 2. The molecule has 0 amide bonds. The fourth-order valence-corrected chi connectivity index (χ4v) is 6.84. The zero-order valence-electron chi connectivity index (χ0n) is 23.2. The minimum absolute atomic E-state index is 0.123. The van der Waals surface area contributed by atoms with Crippen LogP contribution in [0, 0.1) is 11.7 Å². The summed E-state index contributed by atoms with van der Waals surface area (Å²) in [6, 6.07) is 15.2. The molecule has 3 unspecified atom stereocenters. The molecule has 1 N–H and O–H groups in total. The van der Waals surface area contributed by atoms with Gasteiger partial charge in [-0.15, -0.1) is 0 Å². The third-order valence-electron chi connectivity index (χ3n) is 9.07. The van der Waals surface area contributed by atoms with Gasteiger partial charge in [0.15, 0.2) is 0 Å². The first-order valence-electron chi connectivity index (χ1n) is 14.5. The van der Waals surface area contributed by atoms with Gasteiger partial charge in [0.2, 0.25) is 5.88 Å². The average molecular weight is 545 g/mol. The van der Waals surface area contributed by atoms with Gasteiger partial charge in [-0.3, -0.25) is 9.69 Å². The highest BCUT2D eigenvalue weighted by Gasteiger charge is 2.37. The van der Waals surface area contributed by atoms with Gasteiger partial charge >= 0.3 is 5.97 Å². The van der Waals surface area contributed by atoms with E-state index < -0.39 is 11.9 Å². The molecule has 2 fully saturated rings. The lowest BCUT2D eigenvalue weighted by atomic mass is 9.91. The first kappa shape index (κ1) is 26.8. The Balaban J connectivity index is 1.32. The number of carbonyl (C=O) groups is 1. The largest absolute Gasteiger partial charge is 0.485 e. The number of hydrogen-bond donors (Lipinski definition) is 1. The molecule has 3 aliphatic rings. The Morgan fingerprint density at radius 3 is 2.65 bits per heavy atom. The van der Waals surface area contributed by atoms with Crippen LogP contribution in [0.2, 0.25) is 0 Å². The molecule has 6 nitrogen and oxygen atoms in total. The van der Waals surface area contributed by atoms with Crippen LogP contribution in [0.3, 0.4) is 0 Å². The summed E-state index contributed by atoms with van der Waals surface area (Å²) in [4.78, 5) is 18.1. The van der Waals surface area contributed by atoms with Gasteiger partial charge in [0.25, 0.3) is 0 Å². The molecule has 7 heteroatoms. The normalized spacial score (nSPS) is 22.8. The second-order valence-electron chi connectivity index (χ2n) is 11.6. The lowest BCUT2D eigenvalue weighted by Gasteiger charge is -2.35. The molecule has 0 radical (unpaired) electrons. The predicted molar refractivity (Wildman–Crippen MR) is 151 cm³/mol. The van der Waals surface area contributed by atoms with Crippen LogP contribution < -0.4 is 9.47 Å². The van der Waals surface area contributed by atoms with Crippen molar-refractivity contribution >= 4 is 5.97 Å². The van der Waals surface area contributed by atoms with E-state index in [0.717, 1.165) is 53.0 Å². The molecule has 210 valence electrons. The minimum Gasteiger partial charge on any atom is -0.485 e. The van der Waals surface area contributed by atoms with Crippen LogP contribution in [0.15, 0.2) is 48.7 Å². The van der Waals surface area contributed by atoms with E-state index in [2.05, 4.69) is 28.1 Å².